The third-order valence-electron chi connectivity index (χ3n) is 4.81. The van der Waals surface area contributed by atoms with E-state index in [2.05, 4.69) is 13.8 Å². The van der Waals surface area contributed by atoms with Gasteiger partial charge in [0, 0.05) is 22.5 Å². The van der Waals surface area contributed by atoms with Gasteiger partial charge in [-0.25, -0.2) is 4.39 Å². The summed E-state index contributed by atoms with van der Waals surface area (Å²) in [7, 11) is 0. The van der Waals surface area contributed by atoms with Gasteiger partial charge in [-0.1, -0.05) is 44.4 Å². The molecule has 0 amide bonds. The lowest BCUT2D eigenvalue weighted by Gasteiger charge is -2.56. The molecule has 1 aliphatic carbocycles. The minimum Gasteiger partial charge on any atom is -0.330 e. The van der Waals surface area contributed by atoms with E-state index in [4.69, 9.17) is 17.3 Å². The van der Waals surface area contributed by atoms with E-state index >= 15 is 0 Å². The van der Waals surface area contributed by atoms with Crippen molar-refractivity contribution >= 4 is 11.6 Å². The minimum atomic E-state index is -0.256. The summed E-state index contributed by atoms with van der Waals surface area (Å²) in [5.41, 5.74) is 6.64. The molecule has 2 N–H and O–H groups in total. The summed E-state index contributed by atoms with van der Waals surface area (Å²) in [6.07, 6.45) is 4.14. The summed E-state index contributed by atoms with van der Waals surface area (Å²) in [5, 5.41) is 0.515. The molecule has 0 aromatic heterocycles. The Bertz CT molecular complexity index is 412. The summed E-state index contributed by atoms with van der Waals surface area (Å²) >= 11 is 6.19. The molecule has 0 bridgehead atoms. The molecule has 1 nitrogen and oxygen atoms in total. The molecule has 100 valence electrons. The fraction of sp³-hybridized carbons (Fsp3) is 0.600. The summed E-state index contributed by atoms with van der Waals surface area (Å²) < 4.78 is 14.1. The van der Waals surface area contributed by atoms with Crippen LogP contribution in [0.1, 0.15) is 45.1 Å². The molecule has 0 radical (unpaired) electrons. The van der Waals surface area contributed by atoms with Crippen molar-refractivity contribution in [2.45, 2.75) is 44.9 Å². The van der Waals surface area contributed by atoms with Crippen LogP contribution in [0.2, 0.25) is 5.02 Å². The van der Waals surface area contributed by atoms with Gasteiger partial charge in [0.05, 0.1) is 0 Å². The second-order valence-corrected chi connectivity index (χ2v) is 6.05. The van der Waals surface area contributed by atoms with Crippen LogP contribution >= 0.6 is 11.6 Å². The molecule has 18 heavy (non-hydrogen) atoms. The summed E-state index contributed by atoms with van der Waals surface area (Å²) in [6, 6.07) is 4.89. The van der Waals surface area contributed by atoms with Crippen LogP contribution in [0.3, 0.4) is 0 Å². The summed E-state index contributed by atoms with van der Waals surface area (Å²) in [5.74, 6) is -0.214. The zero-order valence-corrected chi connectivity index (χ0v) is 11.9. The predicted molar refractivity (Wildman–Crippen MR) is 74.4 cm³/mol. The Kier molecular flexibility index (Phi) is 3.70. The molecule has 1 aromatic carbocycles. The molecule has 1 fully saturated rings. The van der Waals surface area contributed by atoms with E-state index < -0.39 is 0 Å². The van der Waals surface area contributed by atoms with Crippen molar-refractivity contribution in [2.75, 3.05) is 6.54 Å². The van der Waals surface area contributed by atoms with E-state index in [0.717, 1.165) is 25.7 Å². The number of hydrogen-bond donors (Lipinski definition) is 1. The molecule has 0 atom stereocenters. The van der Waals surface area contributed by atoms with E-state index in [1.807, 2.05) is 0 Å². The molecule has 1 aliphatic rings. The van der Waals surface area contributed by atoms with Crippen molar-refractivity contribution in [3.05, 3.63) is 34.6 Å². The molecule has 3 heteroatoms. The van der Waals surface area contributed by atoms with Crippen molar-refractivity contribution in [1.29, 1.82) is 0 Å². The Labute approximate surface area is 114 Å². The van der Waals surface area contributed by atoms with Crippen LogP contribution in [-0.4, -0.2) is 6.54 Å². The first-order chi connectivity index (χ1) is 8.52. The molecule has 0 saturated heterocycles. The molecule has 0 spiro atoms. The highest BCUT2D eigenvalue weighted by molar-refractivity contribution is 6.31. The maximum absolute atomic E-state index is 14.1. The normalized spacial score (nSPS) is 20.5. The van der Waals surface area contributed by atoms with Crippen molar-refractivity contribution in [1.82, 2.24) is 0 Å². The fourth-order valence-electron chi connectivity index (χ4n) is 3.56. The summed E-state index contributed by atoms with van der Waals surface area (Å²) in [4.78, 5) is 0. The van der Waals surface area contributed by atoms with Crippen LogP contribution in [0, 0.1) is 11.2 Å². The average molecular weight is 270 g/mol. The average Bonchev–Trinajstić information content (AvgIpc) is 2.32. The Morgan fingerprint density at radius 2 is 1.89 bits per heavy atom. The largest absolute Gasteiger partial charge is 0.330 e. The zero-order chi connectivity index (χ0) is 13.4. The lowest BCUT2D eigenvalue weighted by Crippen LogP contribution is -2.54. The van der Waals surface area contributed by atoms with Gasteiger partial charge in [0.2, 0.25) is 0 Å². The van der Waals surface area contributed by atoms with Gasteiger partial charge in [-0.2, -0.15) is 0 Å². The molecule has 0 unspecified atom stereocenters. The first-order valence-corrected chi connectivity index (χ1v) is 7.05. The summed E-state index contributed by atoms with van der Waals surface area (Å²) in [6.45, 7) is 4.87. The number of halogens is 2. The molecule has 0 heterocycles. The first-order valence-electron chi connectivity index (χ1n) is 6.67. The standard InChI is InChI=1S/C15H21ClFN/c1-3-14(4-2)8-15(9-14,10-18)13-11(16)6-5-7-12(13)17/h5-7H,3-4,8-10,18H2,1-2H3. The topological polar surface area (TPSA) is 26.0 Å². The Morgan fingerprint density at radius 3 is 2.33 bits per heavy atom. The molecule has 1 saturated carbocycles. The molecule has 0 aliphatic heterocycles. The van der Waals surface area contributed by atoms with Crippen molar-refractivity contribution in [2.24, 2.45) is 11.1 Å². The smallest absolute Gasteiger partial charge is 0.128 e. The number of nitrogens with two attached hydrogens (primary N) is 1. The Hall–Kier alpha value is -0.600. The van der Waals surface area contributed by atoms with Gasteiger partial charge in [-0.05, 0) is 30.4 Å². The molecular formula is C15H21ClFN. The Balaban J connectivity index is 2.37. The van der Waals surface area contributed by atoms with Crippen LogP contribution in [0.15, 0.2) is 18.2 Å². The third-order valence-corrected chi connectivity index (χ3v) is 5.13. The monoisotopic (exact) mass is 269 g/mol. The highest BCUT2D eigenvalue weighted by Crippen LogP contribution is 2.60. The van der Waals surface area contributed by atoms with E-state index in [9.17, 15) is 4.39 Å². The minimum absolute atomic E-state index is 0.214. The van der Waals surface area contributed by atoms with Gasteiger partial charge >= 0.3 is 0 Å². The number of benzene rings is 1. The van der Waals surface area contributed by atoms with E-state index in [0.29, 0.717) is 22.5 Å². The highest BCUT2D eigenvalue weighted by Gasteiger charge is 2.54. The van der Waals surface area contributed by atoms with E-state index in [1.54, 1.807) is 12.1 Å². The molecular weight excluding hydrogens is 249 g/mol. The van der Waals surface area contributed by atoms with Gasteiger partial charge in [-0.15, -0.1) is 0 Å². The van der Waals surface area contributed by atoms with Crippen LogP contribution < -0.4 is 5.73 Å². The molecule has 1 aromatic rings. The van der Waals surface area contributed by atoms with Gasteiger partial charge in [0.15, 0.2) is 0 Å². The van der Waals surface area contributed by atoms with Gasteiger partial charge in [-0.3, -0.25) is 0 Å². The maximum atomic E-state index is 14.1. The van der Waals surface area contributed by atoms with Crippen molar-refractivity contribution in [3.8, 4) is 0 Å². The lowest BCUT2D eigenvalue weighted by atomic mass is 9.48. The Morgan fingerprint density at radius 1 is 1.28 bits per heavy atom. The first kappa shape index (κ1) is 13.8. The fourth-order valence-corrected chi connectivity index (χ4v) is 3.92. The van der Waals surface area contributed by atoms with Crippen LogP contribution in [0.4, 0.5) is 4.39 Å². The van der Waals surface area contributed by atoms with Gasteiger partial charge < -0.3 is 5.73 Å². The van der Waals surface area contributed by atoms with Gasteiger partial charge in [0.1, 0.15) is 5.82 Å². The van der Waals surface area contributed by atoms with E-state index in [-0.39, 0.29) is 11.2 Å². The second-order valence-electron chi connectivity index (χ2n) is 5.64. The predicted octanol–water partition coefficient (Wildman–Crippen LogP) is 4.28. The quantitative estimate of drug-likeness (QED) is 0.868. The van der Waals surface area contributed by atoms with Gasteiger partial charge in [0.25, 0.3) is 0 Å². The maximum Gasteiger partial charge on any atom is 0.128 e. The molecule has 2 rings (SSSR count). The van der Waals surface area contributed by atoms with Crippen LogP contribution in [0.25, 0.3) is 0 Å². The van der Waals surface area contributed by atoms with Crippen LogP contribution in [0.5, 0.6) is 0 Å². The third kappa shape index (κ3) is 1.96. The van der Waals surface area contributed by atoms with E-state index in [1.165, 1.54) is 6.07 Å². The highest BCUT2D eigenvalue weighted by atomic mass is 35.5. The SMILES string of the molecule is CCC1(CC)CC(CN)(c2c(F)cccc2Cl)C1. The second kappa shape index (κ2) is 4.82. The number of rotatable bonds is 4. The lowest BCUT2D eigenvalue weighted by molar-refractivity contribution is 0.0162. The zero-order valence-electron chi connectivity index (χ0n) is 11.1. The van der Waals surface area contributed by atoms with Crippen molar-refractivity contribution in [3.63, 3.8) is 0 Å². The van der Waals surface area contributed by atoms with Crippen LogP contribution in [-0.2, 0) is 5.41 Å². The number of hydrogen-bond acceptors (Lipinski definition) is 1. The van der Waals surface area contributed by atoms with Crippen molar-refractivity contribution < 1.29 is 4.39 Å².